The molecule has 0 heterocycles. The molecule has 88 valence electrons. The average molecular weight is 239 g/mol. The summed E-state index contributed by atoms with van der Waals surface area (Å²) in [5.41, 5.74) is 1.15. The van der Waals surface area contributed by atoms with Crippen LogP contribution in [0.25, 0.3) is 0 Å². The minimum absolute atomic E-state index is 0.298. The van der Waals surface area contributed by atoms with Gasteiger partial charge in [-0.3, -0.25) is 0 Å². The number of hydrogen-bond acceptors (Lipinski definition) is 1. The van der Waals surface area contributed by atoms with Gasteiger partial charge in [0.2, 0.25) is 0 Å². The highest BCUT2D eigenvalue weighted by atomic mass is 35.5. The lowest BCUT2D eigenvalue weighted by atomic mass is 10.0. The van der Waals surface area contributed by atoms with E-state index >= 15 is 0 Å². The Morgan fingerprint density at radius 1 is 1.44 bits per heavy atom. The third kappa shape index (κ3) is 3.90. The van der Waals surface area contributed by atoms with Crippen molar-refractivity contribution in [1.29, 1.82) is 0 Å². The van der Waals surface area contributed by atoms with E-state index in [9.17, 15) is 0 Å². The van der Waals surface area contributed by atoms with Crippen LogP contribution >= 0.6 is 11.6 Å². The first-order valence-corrected chi connectivity index (χ1v) is 6.11. The Labute approximate surface area is 103 Å². The second kappa shape index (κ2) is 6.59. The lowest BCUT2D eigenvalue weighted by molar-refractivity contribution is 0.309. The first-order chi connectivity index (χ1) is 7.67. The van der Waals surface area contributed by atoms with Gasteiger partial charge in [0.1, 0.15) is 5.75 Å². The molecule has 1 nitrogen and oxygen atoms in total. The molecule has 16 heavy (non-hydrogen) atoms. The molecule has 0 fully saturated rings. The number of hydrogen-bond donors (Lipinski definition) is 0. The molecule has 0 saturated heterocycles. The van der Waals surface area contributed by atoms with E-state index in [-0.39, 0.29) is 0 Å². The first-order valence-electron chi connectivity index (χ1n) is 5.73. The van der Waals surface area contributed by atoms with Gasteiger partial charge < -0.3 is 4.74 Å². The SMILES string of the molecule is C=CC(C)c1cc(Cl)cc(OCCCC)c1. The molecular weight excluding hydrogens is 220 g/mol. The predicted octanol–water partition coefficient (Wildman–Crippen LogP) is 4.81. The maximum atomic E-state index is 6.05. The van der Waals surface area contributed by atoms with Crippen LogP contribution in [0.3, 0.4) is 0 Å². The van der Waals surface area contributed by atoms with E-state index in [0.717, 1.165) is 35.8 Å². The van der Waals surface area contributed by atoms with Crippen molar-refractivity contribution in [2.75, 3.05) is 6.61 Å². The smallest absolute Gasteiger partial charge is 0.121 e. The first kappa shape index (κ1) is 13.1. The molecule has 0 aromatic heterocycles. The van der Waals surface area contributed by atoms with Crippen molar-refractivity contribution in [1.82, 2.24) is 0 Å². The highest BCUT2D eigenvalue weighted by Crippen LogP contribution is 2.26. The third-order valence-corrected chi connectivity index (χ3v) is 2.76. The molecule has 0 radical (unpaired) electrons. The Morgan fingerprint density at radius 2 is 2.19 bits per heavy atom. The second-order valence-electron chi connectivity index (χ2n) is 3.95. The van der Waals surface area contributed by atoms with Crippen LogP contribution in [-0.4, -0.2) is 6.61 Å². The van der Waals surface area contributed by atoms with Crippen molar-refractivity contribution in [3.05, 3.63) is 41.4 Å². The molecule has 0 aliphatic heterocycles. The monoisotopic (exact) mass is 238 g/mol. The number of unbranched alkanes of at least 4 members (excludes halogenated alkanes) is 1. The number of halogens is 1. The Kier molecular flexibility index (Phi) is 5.41. The predicted molar refractivity (Wildman–Crippen MR) is 70.5 cm³/mol. The topological polar surface area (TPSA) is 9.23 Å². The molecule has 1 rings (SSSR count). The largest absolute Gasteiger partial charge is 0.494 e. The highest BCUT2D eigenvalue weighted by molar-refractivity contribution is 6.30. The second-order valence-corrected chi connectivity index (χ2v) is 4.38. The maximum Gasteiger partial charge on any atom is 0.121 e. The molecule has 1 atom stereocenters. The van der Waals surface area contributed by atoms with Gasteiger partial charge in [-0.2, -0.15) is 0 Å². The van der Waals surface area contributed by atoms with Gasteiger partial charge in [-0.05, 0) is 36.1 Å². The zero-order chi connectivity index (χ0) is 12.0. The Bertz CT molecular complexity index is 347. The standard InChI is InChI=1S/C14H19ClO/c1-4-6-7-16-14-9-12(11(3)5-2)8-13(15)10-14/h5,8-11H,2,4,6-7H2,1,3H3. The van der Waals surface area contributed by atoms with E-state index in [0.29, 0.717) is 5.92 Å². The van der Waals surface area contributed by atoms with Gasteiger partial charge in [0.25, 0.3) is 0 Å². The number of allylic oxidation sites excluding steroid dienone is 1. The summed E-state index contributed by atoms with van der Waals surface area (Å²) < 4.78 is 5.64. The van der Waals surface area contributed by atoms with Gasteiger partial charge in [0, 0.05) is 5.02 Å². The molecular formula is C14H19ClO. The van der Waals surface area contributed by atoms with Crippen LogP contribution in [0.4, 0.5) is 0 Å². The van der Waals surface area contributed by atoms with Crippen molar-refractivity contribution < 1.29 is 4.74 Å². The van der Waals surface area contributed by atoms with Crippen molar-refractivity contribution in [2.24, 2.45) is 0 Å². The molecule has 0 spiro atoms. The summed E-state index contributed by atoms with van der Waals surface area (Å²) in [5, 5.41) is 0.720. The average Bonchev–Trinajstić information content (AvgIpc) is 2.27. The quantitative estimate of drug-likeness (QED) is 0.511. The van der Waals surface area contributed by atoms with Gasteiger partial charge in [-0.1, -0.05) is 37.9 Å². The van der Waals surface area contributed by atoms with Crippen molar-refractivity contribution in [2.45, 2.75) is 32.6 Å². The summed E-state index contributed by atoms with van der Waals surface area (Å²) in [7, 11) is 0. The van der Waals surface area contributed by atoms with Crippen LogP contribution in [0.15, 0.2) is 30.9 Å². The molecule has 1 unspecified atom stereocenters. The van der Waals surface area contributed by atoms with E-state index in [1.165, 1.54) is 0 Å². The number of rotatable bonds is 6. The van der Waals surface area contributed by atoms with E-state index < -0.39 is 0 Å². The van der Waals surface area contributed by atoms with Gasteiger partial charge in [0.15, 0.2) is 0 Å². The lowest BCUT2D eigenvalue weighted by Crippen LogP contribution is -1.98. The van der Waals surface area contributed by atoms with Gasteiger partial charge in [-0.15, -0.1) is 6.58 Å². The maximum absolute atomic E-state index is 6.05. The summed E-state index contributed by atoms with van der Waals surface area (Å²) in [4.78, 5) is 0. The van der Waals surface area contributed by atoms with Gasteiger partial charge in [0.05, 0.1) is 6.61 Å². The fourth-order valence-corrected chi connectivity index (χ4v) is 1.63. The van der Waals surface area contributed by atoms with E-state index in [2.05, 4.69) is 20.4 Å². The molecule has 0 aliphatic carbocycles. The number of ether oxygens (including phenoxy) is 1. The zero-order valence-corrected chi connectivity index (χ0v) is 10.8. The number of benzene rings is 1. The third-order valence-electron chi connectivity index (χ3n) is 2.54. The van der Waals surface area contributed by atoms with Crippen LogP contribution in [0.5, 0.6) is 5.75 Å². The molecule has 0 N–H and O–H groups in total. The fourth-order valence-electron chi connectivity index (χ4n) is 1.40. The van der Waals surface area contributed by atoms with Gasteiger partial charge in [-0.25, -0.2) is 0 Å². The molecule has 0 amide bonds. The molecule has 1 aromatic carbocycles. The van der Waals surface area contributed by atoms with Crippen LogP contribution in [0.2, 0.25) is 5.02 Å². The highest BCUT2D eigenvalue weighted by Gasteiger charge is 2.05. The van der Waals surface area contributed by atoms with Crippen LogP contribution < -0.4 is 4.74 Å². The summed E-state index contributed by atoms with van der Waals surface area (Å²) in [5.74, 6) is 1.15. The normalized spacial score (nSPS) is 12.2. The summed E-state index contributed by atoms with van der Waals surface area (Å²) in [6.45, 7) is 8.77. The minimum atomic E-state index is 0.298. The summed E-state index contributed by atoms with van der Waals surface area (Å²) >= 11 is 6.05. The molecule has 1 aromatic rings. The van der Waals surface area contributed by atoms with Crippen LogP contribution in [0, 0.1) is 0 Å². The Hall–Kier alpha value is -0.950. The van der Waals surface area contributed by atoms with E-state index in [1.54, 1.807) is 0 Å². The molecule has 0 bridgehead atoms. The van der Waals surface area contributed by atoms with E-state index in [4.69, 9.17) is 16.3 Å². The summed E-state index contributed by atoms with van der Waals surface area (Å²) in [6.07, 6.45) is 4.11. The van der Waals surface area contributed by atoms with Gasteiger partial charge >= 0.3 is 0 Å². The van der Waals surface area contributed by atoms with Crippen molar-refractivity contribution in [3.63, 3.8) is 0 Å². The minimum Gasteiger partial charge on any atom is -0.494 e. The summed E-state index contributed by atoms with van der Waals surface area (Å²) in [6, 6.07) is 5.85. The van der Waals surface area contributed by atoms with Crippen molar-refractivity contribution >= 4 is 11.6 Å². The lowest BCUT2D eigenvalue weighted by Gasteiger charge is -2.11. The molecule has 2 heteroatoms. The van der Waals surface area contributed by atoms with Crippen LogP contribution in [-0.2, 0) is 0 Å². The van der Waals surface area contributed by atoms with Crippen molar-refractivity contribution in [3.8, 4) is 5.75 Å². The molecule has 0 saturated carbocycles. The Balaban J connectivity index is 2.77. The van der Waals surface area contributed by atoms with E-state index in [1.807, 2.05) is 24.3 Å². The van der Waals surface area contributed by atoms with Crippen LogP contribution in [0.1, 0.15) is 38.2 Å². The Morgan fingerprint density at radius 3 is 2.81 bits per heavy atom. The molecule has 0 aliphatic rings. The fraction of sp³-hybridized carbons (Fsp3) is 0.429. The zero-order valence-electron chi connectivity index (χ0n) is 10.0.